The van der Waals surface area contributed by atoms with Crippen LogP contribution < -0.4 is 0 Å². The highest BCUT2D eigenvalue weighted by molar-refractivity contribution is 9.10. The molecule has 0 aliphatic carbocycles. The van der Waals surface area contributed by atoms with Crippen molar-refractivity contribution in [3.05, 3.63) is 33.8 Å². The maximum Gasteiger partial charge on any atom is 0.306 e. The molecule has 0 heterocycles. The normalized spacial score (nSPS) is 12.5. The van der Waals surface area contributed by atoms with Gasteiger partial charge in [-0.3, -0.25) is 4.79 Å². The van der Waals surface area contributed by atoms with Crippen molar-refractivity contribution >= 4 is 21.9 Å². The summed E-state index contributed by atoms with van der Waals surface area (Å²) < 4.78 is 26.6. The molecule has 1 aromatic carbocycles. The Hall–Kier alpha value is -1.01. The van der Waals surface area contributed by atoms with Gasteiger partial charge in [-0.25, -0.2) is 8.78 Å². The van der Waals surface area contributed by atoms with Gasteiger partial charge in [-0.15, -0.1) is 0 Å². The van der Waals surface area contributed by atoms with Crippen molar-refractivity contribution in [1.82, 2.24) is 0 Å². The summed E-state index contributed by atoms with van der Waals surface area (Å²) >= 11 is 2.87. The zero-order valence-corrected chi connectivity index (χ0v) is 8.96. The van der Waals surface area contributed by atoms with E-state index in [4.69, 9.17) is 5.11 Å². The fourth-order valence-electron chi connectivity index (χ4n) is 1.14. The van der Waals surface area contributed by atoms with Crippen molar-refractivity contribution in [3.8, 4) is 0 Å². The first-order chi connectivity index (χ1) is 6.91. The van der Waals surface area contributed by atoms with Crippen LogP contribution in [0.15, 0.2) is 16.6 Å². The predicted molar refractivity (Wildman–Crippen MR) is 51.3 cm³/mol. The number of aliphatic hydroxyl groups is 1. The Morgan fingerprint density at radius 2 is 1.87 bits per heavy atom. The summed E-state index contributed by atoms with van der Waals surface area (Å²) in [6.45, 7) is 0. The summed E-state index contributed by atoms with van der Waals surface area (Å²) in [5.41, 5.74) is -0.624. The van der Waals surface area contributed by atoms with Crippen LogP contribution in [0.1, 0.15) is 18.1 Å². The van der Waals surface area contributed by atoms with E-state index < -0.39 is 35.7 Å². The molecule has 0 spiro atoms. The minimum absolute atomic E-state index is 0.184. The van der Waals surface area contributed by atoms with E-state index in [0.717, 1.165) is 12.1 Å². The molecule has 3 nitrogen and oxygen atoms in total. The van der Waals surface area contributed by atoms with Gasteiger partial charge in [0.05, 0.1) is 18.1 Å². The van der Waals surface area contributed by atoms with Crippen LogP contribution in [-0.2, 0) is 4.79 Å². The first-order valence-electron chi connectivity index (χ1n) is 3.96. The molecule has 2 N–H and O–H groups in total. The van der Waals surface area contributed by atoms with Crippen LogP contribution in [0.4, 0.5) is 8.78 Å². The van der Waals surface area contributed by atoms with Crippen molar-refractivity contribution in [2.24, 2.45) is 0 Å². The number of hydrogen-bond donors (Lipinski definition) is 2. The number of carbonyl (C=O) groups is 1. The summed E-state index contributed by atoms with van der Waals surface area (Å²) in [7, 11) is 0. The topological polar surface area (TPSA) is 57.5 Å². The van der Waals surface area contributed by atoms with Crippen LogP contribution in [0.3, 0.4) is 0 Å². The van der Waals surface area contributed by atoms with E-state index in [-0.39, 0.29) is 4.47 Å². The van der Waals surface area contributed by atoms with E-state index in [0.29, 0.717) is 0 Å². The fraction of sp³-hybridized carbons (Fsp3) is 0.222. The minimum Gasteiger partial charge on any atom is -0.481 e. The van der Waals surface area contributed by atoms with Crippen LogP contribution in [0.5, 0.6) is 0 Å². The van der Waals surface area contributed by atoms with E-state index in [1.807, 2.05) is 0 Å². The third kappa shape index (κ3) is 2.97. The van der Waals surface area contributed by atoms with Gasteiger partial charge in [-0.1, -0.05) is 15.9 Å². The van der Waals surface area contributed by atoms with Gasteiger partial charge in [0, 0.05) is 4.47 Å². The standard InChI is InChI=1S/C9H7BrF2O3/c10-4-1-5(11)9(6(12)2-4)7(13)3-8(14)15/h1-2,7,13H,3H2,(H,14,15). The third-order valence-corrected chi connectivity index (χ3v) is 2.20. The summed E-state index contributed by atoms with van der Waals surface area (Å²) in [6, 6.07) is 1.92. The molecule has 0 saturated heterocycles. The molecule has 0 fully saturated rings. The van der Waals surface area contributed by atoms with Gasteiger partial charge >= 0.3 is 5.97 Å². The fourth-order valence-corrected chi connectivity index (χ4v) is 1.54. The molecule has 1 unspecified atom stereocenters. The van der Waals surface area contributed by atoms with Gasteiger partial charge in [0.1, 0.15) is 11.6 Å². The van der Waals surface area contributed by atoms with E-state index >= 15 is 0 Å². The zero-order valence-electron chi connectivity index (χ0n) is 7.38. The first-order valence-corrected chi connectivity index (χ1v) is 4.75. The number of benzene rings is 1. The van der Waals surface area contributed by atoms with Crippen molar-refractivity contribution in [3.63, 3.8) is 0 Å². The molecule has 0 aliphatic heterocycles. The number of carboxylic acids is 1. The lowest BCUT2D eigenvalue weighted by Crippen LogP contribution is -2.09. The predicted octanol–water partition coefficient (Wildman–Crippen LogP) is 2.24. The maximum atomic E-state index is 13.2. The largest absolute Gasteiger partial charge is 0.481 e. The second-order valence-corrected chi connectivity index (χ2v) is 3.81. The highest BCUT2D eigenvalue weighted by Crippen LogP contribution is 2.26. The SMILES string of the molecule is O=C(O)CC(O)c1c(F)cc(Br)cc1F. The maximum absolute atomic E-state index is 13.2. The molecule has 0 bridgehead atoms. The number of carboxylic acid groups (broad SMARTS) is 1. The highest BCUT2D eigenvalue weighted by Gasteiger charge is 2.21. The molecule has 6 heteroatoms. The summed E-state index contributed by atoms with van der Waals surface area (Å²) in [4.78, 5) is 10.3. The van der Waals surface area contributed by atoms with Gasteiger partial charge in [-0.05, 0) is 12.1 Å². The number of aliphatic hydroxyl groups excluding tert-OH is 1. The molecule has 0 radical (unpaired) electrons. The summed E-state index contributed by atoms with van der Waals surface area (Å²) in [5.74, 6) is -3.28. The average molecular weight is 281 g/mol. The number of halogens is 3. The van der Waals surface area contributed by atoms with Crippen molar-refractivity contribution in [2.45, 2.75) is 12.5 Å². The monoisotopic (exact) mass is 280 g/mol. The lowest BCUT2D eigenvalue weighted by molar-refractivity contribution is -0.139. The van der Waals surface area contributed by atoms with Crippen molar-refractivity contribution in [1.29, 1.82) is 0 Å². The smallest absolute Gasteiger partial charge is 0.306 e. The second-order valence-electron chi connectivity index (χ2n) is 2.90. The molecule has 82 valence electrons. The molecule has 1 rings (SSSR count). The molecule has 1 atom stereocenters. The Morgan fingerprint density at radius 3 is 2.27 bits per heavy atom. The van der Waals surface area contributed by atoms with E-state index in [2.05, 4.69) is 15.9 Å². The highest BCUT2D eigenvalue weighted by atomic mass is 79.9. The Labute approximate surface area is 92.5 Å². The zero-order chi connectivity index (χ0) is 11.6. The Bertz CT molecular complexity index is 372. The Kier molecular flexibility index (Phi) is 3.76. The van der Waals surface area contributed by atoms with Crippen LogP contribution in [0, 0.1) is 11.6 Å². The van der Waals surface area contributed by atoms with Crippen LogP contribution in [-0.4, -0.2) is 16.2 Å². The van der Waals surface area contributed by atoms with Crippen molar-refractivity contribution < 1.29 is 23.8 Å². The molecule has 15 heavy (non-hydrogen) atoms. The quantitative estimate of drug-likeness (QED) is 0.893. The lowest BCUT2D eigenvalue weighted by Gasteiger charge is -2.10. The van der Waals surface area contributed by atoms with Gasteiger partial charge in [-0.2, -0.15) is 0 Å². The van der Waals surface area contributed by atoms with Gasteiger partial charge in [0.25, 0.3) is 0 Å². The number of hydrogen-bond acceptors (Lipinski definition) is 2. The van der Waals surface area contributed by atoms with Crippen LogP contribution >= 0.6 is 15.9 Å². The number of rotatable bonds is 3. The molecular weight excluding hydrogens is 274 g/mol. The molecule has 0 saturated carbocycles. The molecule has 0 aromatic heterocycles. The first kappa shape index (κ1) is 12.1. The van der Waals surface area contributed by atoms with E-state index in [9.17, 15) is 18.7 Å². The van der Waals surface area contributed by atoms with Gasteiger partial charge in [0.2, 0.25) is 0 Å². The molecule has 0 amide bonds. The summed E-state index contributed by atoms with van der Waals surface area (Å²) in [6.07, 6.45) is -2.43. The lowest BCUT2D eigenvalue weighted by atomic mass is 10.1. The number of aliphatic carboxylic acids is 1. The molecule has 0 aliphatic rings. The minimum atomic E-state index is -1.68. The molecular formula is C9H7BrF2O3. The Balaban J connectivity index is 3.08. The van der Waals surface area contributed by atoms with E-state index in [1.165, 1.54) is 0 Å². The van der Waals surface area contributed by atoms with Gasteiger partial charge in [0.15, 0.2) is 0 Å². The average Bonchev–Trinajstić information content (AvgIpc) is 1.99. The van der Waals surface area contributed by atoms with Crippen molar-refractivity contribution in [2.75, 3.05) is 0 Å². The second kappa shape index (κ2) is 4.67. The van der Waals surface area contributed by atoms with Gasteiger partial charge < -0.3 is 10.2 Å². The van der Waals surface area contributed by atoms with E-state index in [1.54, 1.807) is 0 Å². The van der Waals surface area contributed by atoms with Crippen LogP contribution in [0.25, 0.3) is 0 Å². The third-order valence-electron chi connectivity index (χ3n) is 1.75. The van der Waals surface area contributed by atoms with Crippen LogP contribution in [0.2, 0.25) is 0 Å². The summed E-state index contributed by atoms with van der Waals surface area (Å²) in [5, 5.41) is 17.6. The Morgan fingerprint density at radius 1 is 1.40 bits per heavy atom. The molecule has 1 aromatic rings.